The number of anilines is 2. The third-order valence-corrected chi connectivity index (χ3v) is 2.64. The van der Waals surface area contributed by atoms with Gasteiger partial charge >= 0.3 is 6.03 Å². The molecule has 7 heteroatoms. The molecule has 0 heterocycles. The Morgan fingerprint density at radius 3 is 1.73 bits per heavy atom. The first kappa shape index (κ1) is 15.4. The number of benzene rings is 2. The van der Waals surface area contributed by atoms with Crippen LogP contribution in [0.5, 0.6) is 0 Å². The predicted molar refractivity (Wildman–Crippen MR) is 78.5 cm³/mol. The van der Waals surface area contributed by atoms with Gasteiger partial charge in [-0.2, -0.15) is 0 Å². The second kappa shape index (κ2) is 7.16. The Bertz CT molecular complexity index is 598. The smallest absolute Gasteiger partial charge is 0.319 e. The summed E-state index contributed by atoms with van der Waals surface area (Å²) in [6, 6.07) is 9.85. The molecular weight excluding hydrogens is 292 g/mol. The number of urea groups is 1. The molecule has 2 aromatic carbocycles. The van der Waals surface area contributed by atoms with Crippen LogP contribution in [0.15, 0.2) is 48.5 Å². The lowest BCUT2D eigenvalue weighted by Crippen LogP contribution is -2.35. The SMILES string of the molecule is O=C(CNC(=O)Nc1ccc(F)cc1)Nc1ccc(F)cc1. The van der Waals surface area contributed by atoms with Crippen LogP contribution in [-0.4, -0.2) is 18.5 Å². The van der Waals surface area contributed by atoms with Crippen molar-refractivity contribution < 1.29 is 18.4 Å². The minimum atomic E-state index is -0.596. The molecule has 2 aromatic rings. The first-order valence-corrected chi connectivity index (χ1v) is 6.39. The summed E-state index contributed by atoms with van der Waals surface area (Å²) in [6.07, 6.45) is 0. The number of rotatable bonds is 4. The molecule has 0 spiro atoms. The minimum absolute atomic E-state index is 0.260. The molecule has 0 atom stereocenters. The van der Waals surface area contributed by atoms with Gasteiger partial charge < -0.3 is 16.0 Å². The molecule has 0 saturated carbocycles. The molecule has 0 saturated heterocycles. The first-order chi connectivity index (χ1) is 10.5. The van der Waals surface area contributed by atoms with E-state index in [1.807, 2.05) is 0 Å². The highest BCUT2D eigenvalue weighted by Gasteiger charge is 2.06. The van der Waals surface area contributed by atoms with Gasteiger partial charge in [0.05, 0.1) is 6.54 Å². The van der Waals surface area contributed by atoms with Crippen molar-refractivity contribution in [2.45, 2.75) is 0 Å². The summed E-state index contributed by atoms with van der Waals surface area (Å²) >= 11 is 0. The quantitative estimate of drug-likeness (QED) is 0.813. The fourth-order valence-corrected chi connectivity index (χ4v) is 1.61. The highest BCUT2D eigenvalue weighted by molar-refractivity contribution is 5.96. The zero-order valence-corrected chi connectivity index (χ0v) is 11.4. The van der Waals surface area contributed by atoms with Crippen LogP contribution in [0, 0.1) is 11.6 Å². The van der Waals surface area contributed by atoms with Crippen LogP contribution >= 0.6 is 0 Å². The first-order valence-electron chi connectivity index (χ1n) is 6.39. The van der Waals surface area contributed by atoms with Crippen LogP contribution in [0.25, 0.3) is 0 Å². The molecule has 2 rings (SSSR count). The van der Waals surface area contributed by atoms with Gasteiger partial charge in [-0.15, -0.1) is 0 Å². The lowest BCUT2D eigenvalue weighted by Gasteiger charge is -2.08. The summed E-state index contributed by atoms with van der Waals surface area (Å²) in [6.45, 7) is -0.260. The van der Waals surface area contributed by atoms with Gasteiger partial charge in [0.2, 0.25) is 5.91 Å². The Balaban J connectivity index is 1.76. The van der Waals surface area contributed by atoms with Crippen molar-refractivity contribution >= 4 is 23.3 Å². The van der Waals surface area contributed by atoms with E-state index in [0.717, 1.165) is 0 Å². The summed E-state index contributed by atoms with van der Waals surface area (Å²) < 4.78 is 25.4. The van der Waals surface area contributed by atoms with Crippen molar-refractivity contribution in [3.05, 3.63) is 60.2 Å². The van der Waals surface area contributed by atoms with Crippen molar-refractivity contribution in [1.82, 2.24) is 5.32 Å². The molecule has 0 aliphatic rings. The molecular formula is C15H13F2N3O2. The van der Waals surface area contributed by atoms with Gasteiger partial charge in [-0.3, -0.25) is 4.79 Å². The highest BCUT2D eigenvalue weighted by Crippen LogP contribution is 2.08. The van der Waals surface area contributed by atoms with Gasteiger partial charge in [0.1, 0.15) is 11.6 Å². The largest absolute Gasteiger partial charge is 0.329 e. The zero-order chi connectivity index (χ0) is 15.9. The molecule has 0 aromatic heterocycles. The summed E-state index contributed by atoms with van der Waals surface area (Å²) in [5.41, 5.74) is 0.824. The van der Waals surface area contributed by atoms with E-state index in [9.17, 15) is 18.4 Å². The highest BCUT2D eigenvalue weighted by atomic mass is 19.1. The van der Waals surface area contributed by atoms with Gasteiger partial charge in [0.15, 0.2) is 0 Å². The van der Waals surface area contributed by atoms with Gasteiger partial charge in [0.25, 0.3) is 0 Å². The van der Waals surface area contributed by atoms with Gasteiger partial charge in [0, 0.05) is 11.4 Å². The lowest BCUT2D eigenvalue weighted by atomic mass is 10.3. The van der Waals surface area contributed by atoms with Crippen LogP contribution in [0.1, 0.15) is 0 Å². The van der Waals surface area contributed by atoms with E-state index >= 15 is 0 Å². The van der Waals surface area contributed by atoms with Crippen LogP contribution < -0.4 is 16.0 Å². The average molecular weight is 305 g/mol. The van der Waals surface area contributed by atoms with Crippen molar-refractivity contribution in [1.29, 1.82) is 0 Å². The number of hydrogen-bond donors (Lipinski definition) is 3. The number of carbonyl (C=O) groups excluding carboxylic acids is 2. The average Bonchev–Trinajstić information content (AvgIpc) is 2.50. The van der Waals surface area contributed by atoms with E-state index in [1.165, 1.54) is 48.5 Å². The van der Waals surface area contributed by atoms with E-state index in [-0.39, 0.29) is 6.54 Å². The van der Waals surface area contributed by atoms with E-state index in [0.29, 0.717) is 11.4 Å². The summed E-state index contributed by atoms with van der Waals surface area (Å²) in [4.78, 5) is 23.2. The molecule has 114 valence electrons. The standard InChI is InChI=1S/C15H13F2N3O2/c16-10-1-5-12(6-2-10)19-14(21)9-18-15(22)20-13-7-3-11(17)4-8-13/h1-8H,9H2,(H,19,21)(H2,18,20,22). The van der Waals surface area contributed by atoms with Gasteiger partial charge in [-0.05, 0) is 48.5 Å². The molecule has 0 unspecified atom stereocenters. The summed E-state index contributed by atoms with van der Waals surface area (Å²) in [7, 11) is 0. The Labute approximate surface area is 125 Å². The number of amides is 3. The normalized spacial score (nSPS) is 9.91. The maximum absolute atomic E-state index is 12.7. The lowest BCUT2D eigenvalue weighted by molar-refractivity contribution is -0.115. The van der Waals surface area contributed by atoms with Crippen molar-refractivity contribution in [3.63, 3.8) is 0 Å². The molecule has 22 heavy (non-hydrogen) atoms. The second-order valence-electron chi connectivity index (χ2n) is 4.37. The van der Waals surface area contributed by atoms with E-state index < -0.39 is 23.6 Å². The van der Waals surface area contributed by atoms with Crippen LogP contribution in [0.4, 0.5) is 25.0 Å². The minimum Gasteiger partial charge on any atom is -0.329 e. The topological polar surface area (TPSA) is 70.2 Å². The Morgan fingerprint density at radius 1 is 0.773 bits per heavy atom. The van der Waals surface area contributed by atoms with E-state index in [4.69, 9.17) is 0 Å². The van der Waals surface area contributed by atoms with Crippen molar-refractivity contribution in [2.24, 2.45) is 0 Å². The van der Waals surface area contributed by atoms with E-state index in [2.05, 4.69) is 16.0 Å². The summed E-state index contributed by atoms with van der Waals surface area (Å²) in [5.74, 6) is -1.28. The number of nitrogens with one attached hydrogen (secondary N) is 3. The zero-order valence-electron chi connectivity index (χ0n) is 11.4. The molecule has 3 amide bonds. The predicted octanol–water partition coefficient (Wildman–Crippen LogP) is 2.73. The van der Waals surface area contributed by atoms with Crippen molar-refractivity contribution in [2.75, 3.05) is 17.2 Å². The van der Waals surface area contributed by atoms with Crippen LogP contribution in [0.3, 0.4) is 0 Å². The molecule has 0 aliphatic heterocycles. The van der Waals surface area contributed by atoms with Gasteiger partial charge in [-0.25, -0.2) is 13.6 Å². The monoisotopic (exact) mass is 305 g/mol. The van der Waals surface area contributed by atoms with Crippen LogP contribution in [0.2, 0.25) is 0 Å². The van der Waals surface area contributed by atoms with E-state index in [1.54, 1.807) is 0 Å². The Hall–Kier alpha value is -2.96. The fourth-order valence-electron chi connectivity index (χ4n) is 1.61. The number of hydrogen-bond acceptors (Lipinski definition) is 2. The van der Waals surface area contributed by atoms with Gasteiger partial charge in [-0.1, -0.05) is 0 Å². The maximum atomic E-state index is 12.7. The third-order valence-electron chi connectivity index (χ3n) is 2.64. The summed E-state index contributed by atoms with van der Waals surface area (Å²) in [5, 5.41) is 7.29. The molecule has 3 N–H and O–H groups in total. The fraction of sp³-hybridized carbons (Fsp3) is 0.0667. The Morgan fingerprint density at radius 2 is 1.23 bits per heavy atom. The van der Waals surface area contributed by atoms with Crippen LogP contribution in [-0.2, 0) is 4.79 Å². The number of carbonyl (C=O) groups is 2. The molecule has 0 aliphatic carbocycles. The molecule has 0 bridgehead atoms. The third kappa shape index (κ3) is 4.86. The maximum Gasteiger partial charge on any atom is 0.319 e. The molecule has 0 radical (unpaired) electrons. The molecule has 5 nitrogen and oxygen atoms in total. The second-order valence-corrected chi connectivity index (χ2v) is 4.37. The van der Waals surface area contributed by atoms with Crippen molar-refractivity contribution in [3.8, 4) is 0 Å². The molecule has 0 fully saturated rings. The Kier molecular flexibility index (Phi) is 5.02. The number of halogens is 2.